The van der Waals surface area contributed by atoms with Gasteiger partial charge in [-0.2, -0.15) is 0 Å². The summed E-state index contributed by atoms with van der Waals surface area (Å²) in [5.74, 6) is 2.48. The Morgan fingerprint density at radius 3 is 2.38 bits per heavy atom. The summed E-state index contributed by atoms with van der Waals surface area (Å²) in [6.07, 6.45) is 0.745. The van der Waals surface area contributed by atoms with Crippen molar-refractivity contribution in [1.82, 2.24) is 0 Å². The zero-order valence-electron chi connectivity index (χ0n) is 14.2. The number of nitrogens with one attached hydrogen (secondary N) is 1. The van der Waals surface area contributed by atoms with E-state index in [0.717, 1.165) is 23.4 Å². The molecule has 0 bridgehead atoms. The number of ether oxygens (including phenoxy) is 3. The Balaban J connectivity index is 1.96. The van der Waals surface area contributed by atoms with Crippen molar-refractivity contribution in [2.45, 2.75) is 6.42 Å². The largest absolute Gasteiger partial charge is 0.495 e. The van der Waals surface area contributed by atoms with Crippen LogP contribution >= 0.6 is 0 Å². The normalized spacial score (nSPS) is 11.0. The molecule has 0 aliphatic carbocycles. The van der Waals surface area contributed by atoms with Gasteiger partial charge in [0.1, 0.15) is 5.75 Å². The third-order valence-corrected chi connectivity index (χ3v) is 3.50. The topological polar surface area (TPSA) is 78.1 Å². The molecule has 0 atom stereocenters. The Bertz CT molecular complexity index is 702. The van der Waals surface area contributed by atoms with Gasteiger partial charge < -0.3 is 25.3 Å². The standard InChI is InChI=1S/C18H23N3O3/c1-22-15-7-5-4-6-14(15)21-18(19)20-11-10-13-8-9-16(23-2)17(12-13)24-3/h4-9,12H,10-11H2,1-3H3,(H3,19,20,21). The molecule has 0 fully saturated rings. The molecule has 0 amide bonds. The number of para-hydroxylation sites is 2. The molecule has 0 heterocycles. The van der Waals surface area contributed by atoms with Crippen LogP contribution in [0.5, 0.6) is 17.2 Å². The molecule has 24 heavy (non-hydrogen) atoms. The lowest BCUT2D eigenvalue weighted by molar-refractivity contribution is 0.354. The van der Waals surface area contributed by atoms with Crippen LogP contribution in [-0.4, -0.2) is 33.8 Å². The molecule has 0 spiro atoms. The molecule has 0 saturated carbocycles. The molecule has 6 heteroatoms. The highest BCUT2D eigenvalue weighted by molar-refractivity contribution is 5.93. The molecule has 0 aromatic heterocycles. The maximum absolute atomic E-state index is 5.93. The van der Waals surface area contributed by atoms with E-state index in [1.165, 1.54) is 0 Å². The summed E-state index contributed by atoms with van der Waals surface area (Å²) in [4.78, 5) is 4.34. The van der Waals surface area contributed by atoms with Gasteiger partial charge in [0, 0.05) is 6.54 Å². The van der Waals surface area contributed by atoms with Crippen molar-refractivity contribution in [3.05, 3.63) is 48.0 Å². The van der Waals surface area contributed by atoms with Crippen molar-refractivity contribution in [2.75, 3.05) is 33.2 Å². The van der Waals surface area contributed by atoms with E-state index in [-0.39, 0.29) is 0 Å². The van der Waals surface area contributed by atoms with Crippen LogP contribution < -0.4 is 25.3 Å². The summed E-state index contributed by atoms with van der Waals surface area (Å²) in [5, 5.41) is 3.05. The van der Waals surface area contributed by atoms with Gasteiger partial charge in [-0.05, 0) is 36.2 Å². The van der Waals surface area contributed by atoms with Gasteiger partial charge in [-0.1, -0.05) is 18.2 Å². The zero-order chi connectivity index (χ0) is 17.4. The predicted molar refractivity (Wildman–Crippen MR) is 96.4 cm³/mol. The molecule has 6 nitrogen and oxygen atoms in total. The van der Waals surface area contributed by atoms with E-state index in [9.17, 15) is 0 Å². The van der Waals surface area contributed by atoms with Crippen LogP contribution in [0, 0.1) is 0 Å². The summed E-state index contributed by atoms with van der Waals surface area (Å²) >= 11 is 0. The van der Waals surface area contributed by atoms with Crippen molar-refractivity contribution >= 4 is 11.6 Å². The average molecular weight is 329 g/mol. The highest BCUT2D eigenvalue weighted by atomic mass is 16.5. The fourth-order valence-corrected chi connectivity index (χ4v) is 2.27. The number of aliphatic imine (C=N–C) groups is 1. The van der Waals surface area contributed by atoms with Crippen molar-refractivity contribution in [2.24, 2.45) is 10.7 Å². The summed E-state index contributed by atoms with van der Waals surface area (Å²) < 4.78 is 15.8. The van der Waals surface area contributed by atoms with Crippen LogP contribution in [0.4, 0.5) is 5.69 Å². The number of nitrogens with two attached hydrogens (primary N) is 1. The molecule has 0 aliphatic rings. The van der Waals surface area contributed by atoms with Gasteiger partial charge in [0.2, 0.25) is 0 Å². The van der Waals surface area contributed by atoms with E-state index in [4.69, 9.17) is 19.9 Å². The van der Waals surface area contributed by atoms with E-state index < -0.39 is 0 Å². The van der Waals surface area contributed by atoms with Gasteiger partial charge in [0.25, 0.3) is 0 Å². The first-order chi connectivity index (χ1) is 11.7. The molecule has 2 rings (SSSR count). The van der Waals surface area contributed by atoms with E-state index in [1.807, 2.05) is 42.5 Å². The van der Waals surface area contributed by atoms with E-state index in [1.54, 1.807) is 21.3 Å². The van der Waals surface area contributed by atoms with Gasteiger partial charge in [0.05, 0.1) is 27.0 Å². The summed E-state index contributed by atoms with van der Waals surface area (Å²) in [7, 11) is 4.85. The highest BCUT2D eigenvalue weighted by Crippen LogP contribution is 2.27. The van der Waals surface area contributed by atoms with Gasteiger partial charge in [-0.25, -0.2) is 0 Å². The van der Waals surface area contributed by atoms with Crippen molar-refractivity contribution in [3.8, 4) is 17.2 Å². The van der Waals surface area contributed by atoms with Gasteiger partial charge in [-0.15, -0.1) is 0 Å². The Morgan fingerprint density at radius 1 is 0.958 bits per heavy atom. The van der Waals surface area contributed by atoms with Crippen molar-refractivity contribution in [3.63, 3.8) is 0 Å². The summed E-state index contributed by atoms with van der Waals surface area (Å²) in [6.45, 7) is 0.559. The molecule has 128 valence electrons. The molecule has 0 unspecified atom stereocenters. The summed E-state index contributed by atoms with van der Waals surface area (Å²) in [6, 6.07) is 13.4. The predicted octanol–water partition coefficient (Wildman–Crippen LogP) is 2.68. The first-order valence-electron chi connectivity index (χ1n) is 7.58. The summed E-state index contributed by atoms with van der Waals surface area (Å²) in [5.41, 5.74) is 7.82. The first kappa shape index (κ1) is 17.5. The maximum atomic E-state index is 5.93. The molecular formula is C18H23N3O3. The fraction of sp³-hybridized carbons (Fsp3) is 0.278. The molecule has 2 aromatic carbocycles. The average Bonchev–Trinajstić information content (AvgIpc) is 2.62. The fourth-order valence-electron chi connectivity index (χ4n) is 2.27. The third-order valence-electron chi connectivity index (χ3n) is 3.50. The second-order valence-corrected chi connectivity index (χ2v) is 5.03. The van der Waals surface area contributed by atoms with Crippen LogP contribution in [-0.2, 0) is 6.42 Å². The Morgan fingerprint density at radius 2 is 1.67 bits per heavy atom. The monoisotopic (exact) mass is 329 g/mol. The Kier molecular flexibility index (Phi) is 6.31. The number of nitrogens with zero attached hydrogens (tertiary/aromatic N) is 1. The number of rotatable bonds is 7. The van der Waals surface area contributed by atoms with E-state index in [2.05, 4.69) is 10.3 Å². The zero-order valence-corrected chi connectivity index (χ0v) is 14.2. The van der Waals surface area contributed by atoms with E-state index in [0.29, 0.717) is 24.0 Å². The number of anilines is 1. The van der Waals surface area contributed by atoms with Crippen LogP contribution in [0.2, 0.25) is 0 Å². The molecule has 2 aromatic rings. The van der Waals surface area contributed by atoms with Gasteiger partial charge >= 0.3 is 0 Å². The molecule has 0 saturated heterocycles. The van der Waals surface area contributed by atoms with Crippen molar-refractivity contribution in [1.29, 1.82) is 0 Å². The minimum absolute atomic E-state index is 0.347. The maximum Gasteiger partial charge on any atom is 0.193 e. The minimum atomic E-state index is 0.347. The lowest BCUT2D eigenvalue weighted by atomic mass is 10.1. The van der Waals surface area contributed by atoms with Crippen LogP contribution in [0.25, 0.3) is 0 Å². The highest BCUT2D eigenvalue weighted by Gasteiger charge is 2.05. The first-order valence-corrected chi connectivity index (χ1v) is 7.58. The quantitative estimate of drug-likeness (QED) is 0.603. The number of guanidine groups is 1. The lowest BCUT2D eigenvalue weighted by Crippen LogP contribution is -2.23. The van der Waals surface area contributed by atoms with Gasteiger partial charge in [0.15, 0.2) is 17.5 Å². The minimum Gasteiger partial charge on any atom is -0.495 e. The molecular weight excluding hydrogens is 306 g/mol. The Hall–Kier alpha value is -2.89. The van der Waals surface area contributed by atoms with Crippen molar-refractivity contribution < 1.29 is 14.2 Å². The molecule has 0 aliphatic heterocycles. The molecule has 3 N–H and O–H groups in total. The SMILES string of the molecule is COc1ccccc1NC(N)=NCCc1ccc(OC)c(OC)c1. The smallest absolute Gasteiger partial charge is 0.193 e. The number of hydrogen-bond acceptors (Lipinski definition) is 4. The number of benzene rings is 2. The van der Waals surface area contributed by atoms with Gasteiger partial charge in [-0.3, -0.25) is 4.99 Å². The van der Waals surface area contributed by atoms with Crippen LogP contribution in [0.3, 0.4) is 0 Å². The van der Waals surface area contributed by atoms with Crippen LogP contribution in [0.15, 0.2) is 47.5 Å². The Labute approximate surface area is 142 Å². The van der Waals surface area contributed by atoms with E-state index >= 15 is 0 Å². The molecule has 0 radical (unpaired) electrons. The second kappa shape index (κ2) is 8.67. The second-order valence-electron chi connectivity index (χ2n) is 5.03. The van der Waals surface area contributed by atoms with Crippen LogP contribution in [0.1, 0.15) is 5.56 Å². The lowest BCUT2D eigenvalue weighted by Gasteiger charge is -2.10. The number of hydrogen-bond donors (Lipinski definition) is 2. The third kappa shape index (κ3) is 4.55. The number of methoxy groups -OCH3 is 3.